The second-order valence-corrected chi connectivity index (χ2v) is 10.3. The normalized spacial score (nSPS) is 20.6. The number of sulfonamides is 1. The second-order valence-electron chi connectivity index (χ2n) is 8.46. The highest BCUT2D eigenvalue weighted by molar-refractivity contribution is 7.89. The summed E-state index contributed by atoms with van der Waals surface area (Å²) in [6.45, 7) is 5.21. The van der Waals surface area contributed by atoms with Crippen LogP contribution in [0.4, 0.5) is 13.2 Å². The predicted octanol–water partition coefficient (Wildman–Crippen LogP) is 3.66. The minimum atomic E-state index is -4.36. The average Bonchev–Trinajstić information content (AvgIpc) is 2.71. The second kappa shape index (κ2) is 9.82. The third-order valence-electron chi connectivity index (χ3n) is 5.74. The molecule has 0 aromatic heterocycles. The molecule has 0 aliphatic carbocycles. The number of aliphatic carboxylic acids is 1. The summed E-state index contributed by atoms with van der Waals surface area (Å²) in [5.41, 5.74) is 0.521. The summed E-state index contributed by atoms with van der Waals surface area (Å²) >= 11 is 0. The first-order valence-electron chi connectivity index (χ1n) is 10.6. The van der Waals surface area contributed by atoms with Crippen molar-refractivity contribution < 1.29 is 31.5 Å². The summed E-state index contributed by atoms with van der Waals surface area (Å²) in [5, 5.41) is 8.99. The van der Waals surface area contributed by atoms with Gasteiger partial charge in [0.1, 0.15) is 0 Å². The molecule has 0 saturated carbocycles. The van der Waals surface area contributed by atoms with E-state index in [2.05, 4.69) is 4.90 Å². The molecule has 1 aliphatic rings. The number of nitrogens with zero attached hydrogens (tertiary/aromatic N) is 2. The predicted molar refractivity (Wildman–Crippen MR) is 117 cm³/mol. The lowest BCUT2D eigenvalue weighted by Crippen LogP contribution is -2.58. The summed E-state index contributed by atoms with van der Waals surface area (Å²) in [5.74, 6) is -1.03. The van der Waals surface area contributed by atoms with Crippen LogP contribution in [0.15, 0.2) is 53.4 Å². The molecule has 10 heteroatoms. The van der Waals surface area contributed by atoms with Crippen LogP contribution in [0.5, 0.6) is 0 Å². The van der Waals surface area contributed by atoms with Crippen molar-refractivity contribution >= 4 is 16.0 Å². The van der Waals surface area contributed by atoms with Crippen molar-refractivity contribution in [3.63, 3.8) is 0 Å². The molecule has 2 aromatic carbocycles. The molecule has 1 heterocycles. The Bertz CT molecular complexity index is 1080. The van der Waals surface area contributed by atoms with Crippen molar-refractivity contribution in [1.82, 2.24) is 9.21 Å². The zero-order chi connectivity index (χ0) is 24.4. The summed E-state index contributed by atoms with van der Waals surface area (Å²) in [6, 6.07) is 10.4. The Hall–Kier alpha value is -2.43. The maximum atomic E-state index is 13.3. The van der Waals surface area contributed by atoms with E-state index in [1.807, 2.05) is 13.8 Å². The minimum Gasteiger partial charge on any atom is -0.481 e. The van der Waals surface area contributed by atoms with E-state index in [1.165, 1.54) is 28.6 Å². The molecule has 6 nitrogen and oxygen atoms in total. The van der Waals surface area contributed by atoms with Crippen LogP contribution in [0.3, 0.4) is 0 Å². The van der Waals surface area contributed by atoms with Crippen molar-refractivity contribution in [3.8, 4) is 0 Å². The summed E-state index contributed by atoms with van der Waals surface area (Å²) in [6.07, 6.45) is -4.06. The van der Waals surface area contributed by atoms with Gasteiger partial charge in [-0.1, -0.05) is 24.3 Å². The topological polar surface area (TPSA) is 77.9 Å². The average molecular weight is 485 g/mol. The highest BCUT2D eigenvalue weighted by atomic mass is 32.2. The van der Waals surface area contributed by atoms with Gasteiger partial charge in [-0.2, -0.15) is 17.5 Å². The Kier molecular flexibility index (Phi) is 7.50. The van der Waals surface area contributed by atoms with Crippen molar-refractivity contribution in [1.29, 1.82) is 0 Å². The largest absolute Gasteiger partial charge is 0.481 e. The Morgan fingerprint density at radius 2 is 1.64 bits per heavy atom. The molecular formula is C23H27F3N2O4S. The van der Waals surface area contributed by atoms with Crippen molar-refractivity contribution in [2.45, 2.75) is 49.8 Å². The first-order chi connectivity index (χ1) is 15.4. The number of hydrogen-bond acceptors (Lipinski definition) is 4. The van der Waals surface area contributed by atoms with Crippen molar-refractivity contribution in [2.24, 2.45) is 0 Å². The zero-order valence-corrected chi connectivity index (χ0v) is 19.2. The van der Waals surface area contributed by atoms with E-state index in [0.717, 1.165) is 17.7 Å². The first kappa shape index (κ1) is 25.2. The number of rotatable bonds is 7. The summed E-state index contributed by atoms with van der Waals surface area (Å²) in [4.78, 5) is 13.2. The third-order valence-corrected chi connectivity index (χ3v) is 7.87. The van der Waals surface area contributed by atoms with Gasteiger partial charge in [-0.25, -0.2) is 8.42 Å². The van der Waals surface area contributed by atoms with Gasteiger partial charge >= 0.3 is 12.1 Å². The van der Waals surface area contributed by atoms with E-state index in [1.54, 1.807) is 12.1 Å². The molecular weight excluding hydrogens is 457 g/mol. The molecule has 1 fully saturated rings. The van der Waals surface area contributed by atoms with Gasteiger partial charge in [-0.15, -0.1) is 0 Å². The van der Waals surface area contributed by atoms with Crippen LogP contribution in [0, 0.1) is 0 Å². The van der Waals surface area contributed by atoms with Gasteiger partial charge in [0, 0.05) is 31.7 Å². The SMILES string of the molecule is CC1CN(CCc2ccc(C(F)(F)F)cc2)C[C@H](C)N1S(=O)(=O)c1cccc(CC(=O)O)c1. The van der Waals surface area contributed by atoms with Gasteiger partial charge in [0.2, 0.25) is 10.0 Å². The van der Waals surface area contributed by atoms with Crippen LogP contribution >= 0.6 is 0 Å². The van der Waals surface area contributed by atoms with Gasteiger partial charge in [-0.3, -0.25) is 9.69 Å². The maximum Gasteiger partial charge on any atom is 0.416 e. The smallest absolute Gasteiger partial charge is 0.416 e. The molecule has 2 atom stereocenters. The van der Waals surface area contributed by atoms with Crippen LogP contribution < -0.4 is 0 Å². The molecule has 1 saturated heterocycles. The standard InChI is InChI=1S/C23H27F3N2O4S/c1-16-14-27(11-10-18-6-8-20(9-7-18)23(24,25)26)15-17(2)28(16)33(31,32)21-5-3-4-19(12-21)13-22(29)30/h3-9,12,16-17H,10-11,13-15H2,1-2H3,(H,29,30)/t16-,17?/m0/s1. The van der Waals surface area contributed by atoms with Crippen LogP contribution in [0.2, 0.25) is 0 Å². The van der Waals surface area contributed by atoms with E-state index < -0.39 is 27.7 Å². The summed E-state index contributed by atoms with van der Waals surface area (Å²) < 4.78 is 66.3. The number of piperazine rings is 1. The Morgan fingerprint density at radius 3 is 2.18 bits per heavy atom. The van der Waals surface area contributed by atoms with E-state index in [4.69, 9.17) is 5.11 Å². The molecule has 1 N–H and O–H groups in total. The lowest BCUT2D eigenvalue weighted by molar-refractivity contribution is -0.138. The van der Waals surface area contributed by atoms with Gasteiger partial charge in [0.25, 0.3) is 0 Å². The van der Waals surface area contributed by atoms with Gasteiger partial charge < -0.3 is 5.11 Å². The first-order valence-corrected chi connectivity index (χ1v) is 12.0. The molecule has 1 unspecified atom stereocenters. The van der Waals surface area contributed by atoms with Gasteiger partial charge in [-0.05, 0) is 55.7 Å². The number of carboxylic acids is 1. The number of benzene rings is 2. The number of carboxylic acid groups (broad SMARTS) is 1. The third kappa shape index (κ3) is 6.13. The van der Waals surface area contributed by atoms with Gasteiger partial charge in [0.15, 0.2) is 0 Å². The van der Waals surface area contributed by atoms with E-state index in [9.17, 15) is 26.4 Å². The fraction of sp³-hybridized carbons (Fsp3) is 0.435. The van der Waals surface area contributed by atoms with E-state index in [0.29, 0.717) is 31.6 Å². The molecule has 1 aliphatic heterocycles. The van der Waals surface area contributed by atoms with Crippen LogP contribution in [0.25, 0.3) is 0 Å². The van der Waals surface area contributed by atoms with E-state index >= 15 is 0 Å². The summed E-state index contributed by atoms with van der Waals surface area (Å²) in [7, 11) is -3.82. The van der Waals surface area contributed by atoms with Crippen LogP contribution in [0.1, 0.15) is 30.5 Å². The molecule has 33 heavy (non-hydrogen) atoms. The zero-order valence-electron chi connectivity index (χ0n) is 18.4. The highest BCUT2D eigenvalue weighted by Gasteiger charge is 2.38. The minimum absolute atomic E-state index is 0.0677. The Morgan fingerprint density at radius 1 is 1.03 bits per heavy atom. The van der Waals surface area contributed by atoms with Crippen molar-refractivity contribution in [3.05, 3.63) is 65.2 Å². The number of hydrogen-bond donors (Lipinski definition) is 1. The molecule has 3 rings (SSSR count). The van der Waals surface area contributed by atoms with Gasteiger partial charge in [0.05, 0.1) is 16.9 Å². The lowest BCUT2D eigenvalue weighted by atomic mass is 10.1. The number of carbonyl (C=O) groups is 1. The fourth-order valence-corrected chi connectivity index (χ4v) is 6.21. The number of alkyl halides is 3. The fourth-order valence-electron chi connectivity index (χ4n) is 4.33. The Balaban J connectivity index is 1.66. The maximum absolute atomic E-state index is 13.3. The number of halogens is 3. The molecule has 0 spiro atoms. The molecule has 0 bridgehead atoms. The van der Waals surface area contributed by atoms with Crippen LogP contribution in [-0.2, 0) is 33.8 Å². The lowest BCUT2D eigenvalue weighted by Gasteiger charge is -2.43. The Labute approximate surface area is 191 Å². The van der Waals surface area contributed by atoms with Crippen LogP contribution in [-0.4, -0.2) is 60.4 Å². The molecule has 2 aromatic rings. The molecule has 180 valence electrons. The monoisotopic (exact) mass is 484 g/mol. The molecule has 0 amide bonds. The quantitative estimate of drug-likeness (QED) is 0.649. The highest BCUT2D eigenvalue weighted by Crippen LogP contribution is 2.29. The van der Waals surface area contributed by atoms with E-state index in [-0.39, 0.29) is 23.4 Å². The van der Waals surface area contributed by atoms with Crippen molar-refractivity contribution in [2.75, 3.05) is 19.6 Å². The molecule has 0 radical (unpaired) electrons.